The molecular formula is C14H17N3O2S. The zero-order chi connectivity index (χ0) is 14.4. The number of hydrogen-bond acceptors (Lipinski definition) is 6. The molecule has 0 amide bonds. The molecule has 6 heteroatoms. The lowest BCUT2D eigenvalue weighted by molar-refractivity contribution is 0.354. The van der Waals surface area contributed by atoms with Crippen LogP contribution in [0.3, 0.4) is 0 Å². The second-order valence-corrected chi connectivity index (χ2v) is 5.12. The molecule has 0 saturated carbocycles. The summed E-state index contributed by atoms with van der Waals surface area (Å²) in [7, 11) is 3.23. The average Bonchev–Trinajstić information content (AvgIpc) is 2.52. The van der Waals surface area contributed by atoms with Gasteiger partial charge in [-0.1, -0.05) is 6.07 Å². The van der Waals surface area contributed by atoms with Gasteiger partial charge in [0.1, 0.15) is 5.03 Å². The van der Waals surface area contributed by atoms with E-state index >= 15 is 0 Å². The van der Waals surface area contributed by atoms with Crippen LogP contribution in [-0.2, 0) is 0 Å². The molecule has 0 aliphatic rings. The Balaban J connectivity index is 2.03. The van der Waals surface area contributed by atoms with Crippen LogP contribution in [0.4, 0.5) is 0 Å². The number of benzene rings is 1. The van der Waals surface area contributed by atoms with Gasteiger partial charge in [-0.3, -0.25) is 4.98 Å². The summed E-state index contributed by atoms with van der Waals surface area (Å²) < 4.78 is 10.5. The SMILES string of the molecule is COc1ccc(C(N)CSc2cnccn2)cc1OC. The highest BCUT2D eigenvalue weighted by atomic mass is 32.2. The monoisotopic (exact) mass is 291 g/mol. The third kappa shape index (κ3) is 3.61. The van der Waals surface area contributed by atoms with Crippen LogP contribution >= 0.6 is 11.8 Å². The van der Waals surface area contributed by atoms with E-state index in [1.807, 2.05) is 18.2 Å². The fourth-order valence-electron chi connectivity index (χ4n) is 1.71. The quantitative estimate of drug-likeness (QED) is 0.823. The number of methoxy groups -OCH3 is 2. The molecule has 5 nitrogen and oxygen atoms in total. The van der Waals surface area contributed by atoms with E-state index in [9.17, 15) is 0 Å². The number of nitrogens with zero attached hydrogens (tertiary/aromatic N) is 2. The first-order chi connectivity index (χ1) is 9.74. The molecule has 0 saturated heterocycles. The second kappa shape index (κ2) is 7.12. The minimum Gasteiger partial charge on any atom is -0.493 e. The van der Waals surface area contributed by atoms with Gasteiger partial charge in [-0.15, -0.1) is 11.8 Å². The Morgan fingerprint density at radius 2 is 2.00 bits per heavy atom. The van der Waals surface area contributed by atoms with E-state index in [0.29, 0.717) is 17.3 Å². The lowest BCUT2D eigenvalue weighted by Crippen LogP contribution is -2.13. The molecule has 1 unspecified atom stereocenters. The zero-order valence-corrected chi connectivity index (χ0v) is 12.3. The molecule has 2 rings (SSSR count). The van der Waals surface area contributed by atoms with Crippen molar-refractivity contribution in [3.05, 3.63) is 42.4 Å². The van der Waals surface area contributed by atoms with Crippen molar-refractivity contribution in [2.45, 2.75) is 11.1 Å². The molecule has 1 atom stereocenters. The third-order valence-corrected chi connectivity index (χ3v) is 3.82. The highest BCUT2D eigenvalue weighted by molar-refractivity contribution is 7.99. The predicted octanol–water partition coefficient (Wildman–Crippen LogP) is 2.29. The normalized spacial score (nSPS) is 11.9. The summed E-state index contributed by atoms with van der Waals surface area (Å²) in [6, 6.07) is 5.60. The Kier molecular flexibility index (Phi) is 5.20. The topological polar surface area (TPSA) is 70.3 Å². The molecule has 1 aromatic heterocycles. The Morgan fingerprint density at radius 3 is 2.65 bits per heavy atom. The maximum Gasteiger partial charge on any atom is 0.161 e. The molecule has 106 valence electrons. The lowest BCUT2D eigenvalue weighted by atomic mass is 10.1. The molecule has 0 aliphatic carbocycles. The van der Waals surface area contributed by atoms with Crippen LogP contribution in [0.2, 0.25) is 0 Å². The highest BCUT2D eigenvalue weighted by Gasteiger charge is 2.11. The van der Waals surface area contributed by atoms with Gasteiger partial charge in [0.25, 0.3) is 0 Å². The maximum absolute atomic E-state index is 6.19. The van der Waals surface area contributed by atoms with Crippen LogP contribution in [0.25, 0.3) is 0 Å². The van der Waals surface area contributed by atoms with Crippen LogP contribution in [0.5, 0.6) is 11.5 Å². The predicted molar refractivity (Wildman–Crippen MR) is 79.2 cm³/mol. The van der Waals surface area contributed by atoms with Crippen molar-refractivity contribution in [3.63, 3.8) is 0 Å². The minimum absolute atomic E-state index is 0.109. The van der Waals surface area contributed by atoms with E-state index in [2.05, 4.69) is 9.97 Å². The Hall–Kier alpha value is -1.79. The van der Waals surface area contributed by atoms with Gasteiger partial charge in [0.05, 0.1) is 20.4 Å². The Labute approximate surface area is 122 Å². The molecule has 1 heterocycles. The van der Waals surface area contributed by atoms with Gasteiger partial charge in [0.15, 0.2) is 11.5 Å². The smallest absolute Gasteiger partial charge is 0.161 e. The summed E-state index contributed by atoms with van der Waals surface area (Å²) >= 11 is 1.58. The molecule has 0 aliphatic heterocycles. The summed E-state index contributed by atoms with van der Waals surface area (Å²) in [6.45, 7) is 0. The van der Waals surface area contributed by atoms with E-state index in [0.717, 1.165) is 10.6 Å². The van der Waals surface area contributed by atoms with Crippen molar-refractivity contribution in [2.75, 3.05) is 20.0 Å². The van der Waals surface area contributed by atoms with E-state index in [-0.39, 0.29) is 6.04 Å². The van der Waals surface area contributed by atoms with E-state index < -0.39 is 0 Å². The first-order valence-electron chi connectivity index (χ1n) is 6.11. The Morgan fingerprint density at radius 1 is 1.20 bits per heavy atom. The molecule has 2 aromatic rings. The van der Waals surface area contributed by atoms with E-state index in [1.165, 1.54) is 0 Å². The van der Waals surface area contributed by atoms with Crippen molar-refractivity contribution >= 4 is 11.8 Å². The summed E-state index contributed by atoms with van der Waals surface area (Å²) in [5.41, 5.74) is 7.19. The number of rotatable bonds is 6. The van der Waals surface area contributed by atoms with Crippen molar-refractivity contribution in [1.82, 2.24) is 9.97 Å². The van der Waals surface area contributed by atoms with Gasteiger partial charge in [-0.25, -0.2) is 4.98 Å². The molecule has 0 fully saturated rings. The number of ether oxygens (including phenoxy) is 2. The van der Waals surface area contributed by atoms with Crippen LogP contribution < -0.4 is 15.2 Å². The largest absolute Gasteiger partial charge is 0.493 e. The van der Waals surface area contributed by atoms with Crippen molar-refractivity contribution in [3.8, 4) is 11.5 Å². The van der Waals surface area contributed by atoms with Gasteiger partial charge >= 0.3 is 0 Å². The number of aromatic nitrogens is 2. The summed E-state index contributed by atoms with van der Waals surface area (Å²) in [4.78, 5) is 8.23. The molecule has 0 radical (unpaired) electrons. The van der Waals surface area contributed by atoms with Crippen molar-refractivity contribution < 1.29 is 9.47 Å². The van der Waals surface area contributed by atoms with Crippen molar-refractivity contribution in [2.24, 2.45) is 5.73 Å². The zero-order valence-electron chi connectivity index (χ0n) is 11.4. The van der Waals surface area contributed by atoms with E-state index in [4.69, 9.17) is 15.2 Å². The Bertz CT molecular complexity index is 551. The number of nitrogens with two attached hydrogens (primary N) is 1. The summed E-state index contributed by atoms with van der Waals surface area (Å²) in [5.74, 6) is 2.10. The standard InChI is InChI=1S/C14H17N3O2S/c1-18-12-4-3-10(7-13(12)19-2)11(15)9-20-14-8-16-5-6-17-14/h3-8,11H,9,15H2,1-2H3. The molecule has 0 spiro atoms. The first-order valence-corrected chi connectivity index (χ1v) is 7.09. The van der Waals surface area contributed by atoms with Crippen LogP contribution in [-0.4, -0.2) is 29.9 Å². The van der Waals surface area contributed by atoms with Crippen LogP contribution in [0, 0.1) is 0 Å². The number of hydrogen-bond donors (Lipinski definition) is 1. The van der Waals surface area contributed by atoms with Gasteiger partial charge in [-0.2, -0.15) is 0 Å². The third-order valence-electron chi connectivity index (χ3n) is 2.79. The van der Waals surface area contributed by atoms with Crippen molar-refractivity contribution in [1.29, 1.82) is 0 Å². The van der Waals surface area contributed by atoms with Gasteiger partial charge in [-0.05, 0) is 17.7 Å². The van der Waals surface area contributed by atoms with Gasteiger partial charge in [0, 0.05) is 24.2 Å². The van der Waals surface area contributed by atoms with Gasteiger partial charge in [0.2, 0.25) is 0 Å². The molecular weight excluding hydrogens is 274 g/mol. The van der Waals surface area contributed by atoms with Crippen LogP contribution in [0.15, 0.2) is 41.8 Å². The fourth-order valence-corrected chi connectivity index (χ4v) is 2.53. The molecule has 1 aromatic carbocycles. The summed E-state index contributed by atoms with van der Waals surface area (Å²) in [5, 5.41) is 0.864. The molecule has 20 heavy (non-hydrogen) atoms. The minimum atomic E-state index is -0.109. The van der Waals surface area contributed by atoms with Crippen LogP contribution in [0.1, 0.15) is 11.6 Å². The molecule has 2 N–H and O–H groups in total. The highest BCUT2D eigenvalue weighted by Crippen LogP contribution is 2.30. The number of thioether (sulfide) groups is 1. The average molecular weight is 291 g/mol. The fraction of sp³-hybridized carbons (Fsp3) is 0.286. The first kappa shape index (κ1) is 14.6. The maximum atomic E-state index is 6.19. The second-order valence-electron chi connectivity index (χ2n) is 4.08. The summed E-state index contributed by atoms with van der Waals surface area (Å²) in [6.07, 6.45) is 5.05. The molecule has 0 bridgehead atoms. The lowest BCUT2D eigenvalue weighted by Gasteiger charge is -2.14. The van der Waals surface area contributed by atoms with Gasteiger partial charge < -0.3 is 15.2 Å². The van der Waals surface area contributed by atoms with E-state index in [1.54, 1.807) is 44.6 Å².